The predicted octanol–water partition coefficient (Wildman–Crippen LogP) is 3.92. The molecule has 2 aromatic carbocycles. The van der Waals surface area contributed by atoms with E-state index in [0.717, 1.165) is 5.69 Å². The first-order valence-corrected chi connectivity index (χ1v) is 6.79. The van der Waals surface area contributed by atoms with E-state index in [4.69, 9.17) is 16.9 Å². The maximum absolute atomic E-state index is 12.2. The molecular formula is C16H14ClN3O. The van der Waals surface area contributed by atoms with Crippen molar-refractivity contribution in [3.05, 3.63) is 59.1 Å². The number of halogens is 1. The van der Waals surface area contributed by atoms with Gasteiger partial charge in [0.05, 0.1) is 6.07 Å². The molecule has 0 aromatic heterocycles. The number of nitriles is 1. The lowest BCUT2D eigenvalue weighted by Gasteiger charge is -2.10. The molecule has 0 spiro atoms. The number of hydrogen-bond acceptors (Lipinski definition) is 3. The van der Waals surface area contributed by atoms with Crippen molar-refractivity contribution < 1.29 is 4.79 Å². The van der Waals surface area contributed by atoms with Crippen LogP contribution in [-0.4, -0.2) is 11.9 Å². The van der Waals surface area contributed by atoms with Gasteiger partial charge in [-0.2, -0.15) is 5.26 Å². The lowest BCUT2D eigenvalue weighted by atomic mass is 10.1. The van der Waals surface area contributed by atoms with Crippen LogP contribution in [0.15, 0.2) is 48.5 Å². The predicted molar refractivity (Wildman–Crippen MR) is 84.5 cm³/mol. The summed E-state index contributed by atoms with van der Waals surface area (Å²) in [6.07, 6.45) is 0. The van der Waals surface area contributed by atoms with E-state index in [1.54, 1.807) is 49.4 Å². The molecule has 5 heteroatoms. The highest BCUT2D eigenvalue weighted by Crippen LogP contribution is 2.17. The van der Waals surface area contributed by atoms with Crippen LogP contribution in [0.2, 0.25) is 5.02 Å². The van der Waals surface area contributed by atoms with Crippen LogP contribution < -0.4 is 10.6 Å². The number of carbonyl (C=O) groups excluding carboxylic acids is 1. The summed E-state index contributed by atoms with van der Waals surface area (Å²) in [5, 5.41) is 15.1. The van der Waals surface area contributed by atoms with E-state index in [0.29, 0.717) is 16.3 Å². The van der Waals surface area contributed by atoms with E-state index in [1.165, 1.54) is 0 Å². The Balaban J connectivity index is 2.12. The third-order valence-corrected chi connectivity index (χ3v) is 3.02. The summed E-state index contributed by atoms with van der Waals surface area (Å²) >= 11 is 5.88. The second kappa shape index (κ2) is 6.78. The number of anilines is 2. The van der Waals surface area contributed by atoms with Crippen LogP contribution in [-0.2, 0) is 0 Å². The number of carbonyl (C=O) groups is 1. The summed E-state index contributed by atoms with van der Waals surface area (Å²) in [4.78, 5) is 12.2. The highest BCUT2D eigenvalue weighted by atomic mass is 35.5. The van der Waals surface area contributed by atoms with Gasteiger partial charge in [0.2, 0.25) is 0 Å². The normalized spacial score (nSPS) is 11.3. The van der Waals surface area contributed by atoms with E-state index < -0.39 is 0 Å². The molecule has 4 nitrogen and oxygen atoms in total. The first kappa shape index (κ1) is 14.9. The van der Waals surface area contributed by atoms with Crippen LogP contribution in [0.3, 0.4) is 0 Å². The quantitative estimate of drug-likeness (QED) is 0.899. The summed E-state index contributed by atoms with van der Waals surface area (Å²) in [5.41, 5.74) is 1.86. The molecule has 0 bridgehead atoms. The molecule has 0 heterocycles. The van der Waals surface area contributed by atoms with Crippen molar-refractivity contribution in [2.75, 3.05) is 10.6 Å². The summed E-state index contributed by atoms with van der Waals surface area (Å²) in [5.74, 6) is -0.231. The fourth-order valence-electron chi connectivity index (χ4n) is 1.80. The zero-order valence-corrected chi connectivity index (χ0v) is 12.2. The molecular weight excluding hydrogens is 286 g/mol. The number of amides is 1. The van der Waals surface area contributed by atoms with Crippen molar-refractivity contribution in [2.45, 2.75) is 13.0 Å². The summed E-state index contributed by atoms with van der Waals surface area (Å²) in [6.45, 7) is 1.75. The Bertz CT molecular complexity index is 694. The molecule has 1 atom stereocenters. The van der Waals surface area contributed by atoms with Crippen LogP contribution in [0.25, 0.3) is 0 Å². The van der Waals surface area contributed by atoms with Gasteiger partial charge in [-0.3, -0.25) is 4.79 Å². The number of nitrogens with one attached hydrogen (secondary N) is 2. The molecule has 0 saturated carbocycles. The molecule has 0 aliphatic heterocycles. The Morgan fingerprint density at radius 1 is 1.19 bits per heavy atom. The maximum Gasteiger partial charge on any atom is 0.255 e. The Labute approximate surface area is 128 Å². The first-order valence-electron chi connectivity index (χ1n) is 6.41. The number of rotatable bonds is 4. The molecule has 2 N–H and O–H groups in total. The Morgan fingerprint density at radius 3 is 2.62 bits per heavy atom. The van der Waals surface area contributed by atoms with E-state index in [2.05, 4.69) is 16.7 Å². The summed E-state index contributed by atoms with van der Waals surface area (Å²) < 4.78 is 0. The van der Waals surface area contributed by atoms with Gasteiger partial charge in [-0.1, -0.05) is 23.7 Å². The fourth-order valence-corrected chi connectivity index (χ4v) is 1.99. The van der Waals surface area contributed by atoms with Gasteiger partial charge in [0.1, 0.15) is 6.04 Å². The maximum atomic E-state index is 12.2. The van der Waals surface area contributed by atoms with E-state index in [-0.39, 0.29) is 11.9 Å². The second-order valence-electron chi connectivity index (χ2n) is 4.54. The number of nitrogens with zero attached hydrogens (tertiary/aromatic N) is 1. The summed E-state index contributed by atoms with van der Waals surface area (Å²) in [7, 11) is 0. The minimum Gasteiger partial charge on any atom is -0.370 e. The van der Waals surface area contributed by atoms with Crippen molar-refractivity contribution in [3.63, 3.8) is 0 Å². The molecule has 0 radical (unpaired) electrons. The van der Waals surface area contributed by atoms with Gasteiger partial charge in [0.25, 0.3) is 5.91 Å². The molecule has 2 aromatic rings. The van der Waals surface area contributed by atoms with Crippen LogP contribution >= 0.6 is 11.6 Å². The van der Waals surface area contributed by atoms with Crippen molar-refractivity contribution in [3.8, 4) is 6.07 Å². The third kappa shape index (κ3) is 4.23. The minimum atomic E-state index is -0.323. The van der Waals surface area contributed by atoms with Gasteiger partial charge >= 0.3 is 0 Å². The third-order valence-electron chi connectivity index (χ3n) is 2.78. The number of hydrogen-bond donors (Lipinski definition) is 2. The minimum absolute atomic E-state index is 0.231. The Morgan fingerprint density at radius 2 is 1.90 bits per heavy atom. The number of benzene rings is 2. The van der Waals surface area contributed by atoms with Gasteiger partial charge in [-0.05, 0) is 43.3 Å². The molecule has 0 aliphatic rings. The zero-order valence-electron chi connectivity index (χ0n) is 11.4. The molecule has 0 fully saturated rings. The second-order valence-corrected chi connectivity index (χ2v) is 4.98. The topological polar surface area (TPSA) is 64.9 Å². The monoisotopic (exact) mass is 299 g/mol. The van der Waals surface area contributed by atoms with Gasteiger partial charge in [-0.15, -0.1) is 0 Å². The zero-order chi connectivity index (χ0) is 15.2. The van der Waals surface area contributed by atoms with Crippen molar-refractivity contribution in [1.29, 1.82) is 5.26 Å². The van der Waals surface area contributed by atoms with Crippen molar-refractivity contribution in [1.82, 2.24) is 0 Å². The smallest absolute Gasteiger partial charge is 0.255 e. The average molecular weight is 300 g/mol. The van der Waals surface area contributed by atoms with Gasteiger partial charge in [-0.25, -0.2) is 0 Å². The first-order chi connectivity index (χ1) is 10.1. The average Bonchev–Trinajstić information content (AvgIpc) is 2.47. The van der Waals surface area contributed by atoms with Gasteiger partial charge < -0.3 is 10.6 Å². The molecule has 0 aliphatic carbocycles. The SMILES string of the molecule is CC(C#N)Nc1cccc(C(=O)Nc2cccc(Cl)c2)c1. The largest absolute Gasteiger partial charge is 0.370 e. The molecule has 1 amide bonds. The van der Waals surface area contributed by atoms with Crippen molar-refractivity contribution >= 4 is 28.9 Å². The standard InChI is InChI=1S/C16H14ClN3O/c1-11(10-18)19-14-6-2-4-12(8-14)16(21)20-15-7-3-5-13(17)9-15/h2-9,11,19H,1H3,(H,20,21). The van der Waals surface area contributed by atoms with E-state index >= 15 is 0 Å². The molecule has 106 valence electrons. The lowest BCUT2D eigenvalue weighted by molar-refractivity contribution is 0.102. The lowest BCUT2D eigenvalue weighted by Crippen LogP contribution is -2.14. The van der Waals surface area contributed by atoms with E-state index in [9.17, 15) is 4.79 Å². The molecule has 21 heavy (non-hydrogen) atoms. The van der Waals surface area contributed by atoms with Crippen LogP contribution in [0.5, 0.6) is 0 Å². The van der Waals surface area contributed by atoms with Crippen molar-refractivity contribution in [2.24, 2.45) is 0 Å². The van der Waals surface area contributed by atoms with Crippen LogP contribution in [0, 0.1) is 11.3 Å². The van der Waals surface area contributed by atoms with Crippen LogP contribution in [0.1, 0.15) is 17.3 Å². The van der Waals surface area contributed by atoms with Gasteiger partial charge in [0.15, 0.2) is 0 Å². The van der Waals surface area contributed by atoms with Gasteiger partial charge in [0, 0.05) is 22.0 Å². The van der Waals surface area contributed by atoms with E-state index in [1.807, 2.05) is 6.07 Å². The highest BCUT2D eigenvalue weighted by Gasteiger charge is 2.08. The van der Waals surface area contributed by atoms with Crippen LogP contribution in [0.4, 0.5) is 11.4 Å². The highest BCUT2D eigenvalue weighted by molar-refractivity contribution is 6.30. The summed E-state index contributed by atoms with van der Waals surface area (Å²) in [6, 6.07) is 15.7. The Hall–Kier alpha value is -2.51. The molecule has 2 rings (SSSR count). The Kier molecular flexibility index (Phi) is 4.81. The fraction of sp³-hybridized carbons (Fsp3) is 0.125. The molecule has 0 saturated heterocycles. The molecule has 1 unspecified atom stereocenters.